The van der Waals surface area contributed by atoms with Crippen molar-refractivity contribution in [2.24, 2.45) is 10.6 Å². The van der Waals surface area contributed by atoms with Crippen molar-refractivity contribution in [2.75, 3.05) is 0 Å². The summed E-state index contributed by atoms with van der Waals surface area (Å²) in [5, 5.41) is 7.60. The molecule has 0 aliphatic rings. The number of primary sulfonamides is 1. The number of nitrogens with one attached hydrogen (secondary N) is 1. The minimum absolute atomic E-state index is 0.0611. The molecule has 1 rings (SSSR count). The molecule has 0 bridgehead atoms. The predicted octanol–water partition coefficient (Wildman–Crippen LogP) is 2.81. The van der Waals surface area contributed by atoms with Crippen LogP contribution in [0.15, 0.2) is 17.0 Å². The van der Waals surface area contributed by atoms with Gasteiger partial charge >= 0.3 is 0 Å². The van der Waals surface area contributed by atoms with Crippen molar-refractivity contribution in [3.8, 4) is 0 Å². The highest BCUT2D eigenvalue weighted by atomic mass is 35.5. The normalized spacial score (nSPS) is 13.9. The molecule has 0 aliphatic heterocycles. The first-order chi connectivity index (χ1) is 9.35. The van der Waals surface area contributed by atoms with E-state index in [0.717, 1.165) is 0 Å². The molecule has 0 saturated heterocycles. The number of hydrogen-bond donors (Lipinski definition) is 2. The molecule has 0 aliphatic carbocycles. The Kier molecular flexibility index (Phi) is 5.31. The van der Waals surface area contributed by atoms with Gasteiger partial charge in [-0.15, -0.1) is 0 Å². The largest absolute Gasteiger partial charge is 0.349 e. The molecule has 5 nitrogen and oxygen atoms in total. The van der Waals surface area contributed by atoms with Gasteiger partial charge in [0.1, 0.15) is 4.90 Å². The van der Waals surface area contributed by atoms with E-state index in [4.69, 9.17) is 28.3 Å². The van der Waals surface area contributed by atoms with Crippen LogP contribution in [0.4, 0.5) is 0 Å². The number of sulfonamides is 1. The zero-order valence-electron chi connectivity index (χ0n) is 12.2. The molecule has 1 unspecified atom stereocenters. The lowest BCUT2D eigenvalue weighted by atomic mass is 9.88. The number of carbonyl (C=O) groups is 1. The molecule has 0 heterocycles. The lowest BCUT2D eigenvalue weighted by Gasteiger charge is -2.28. The molecule has 1 aromatic rings. The van der Waals surface area contributed by atoms with Crippen LogP contribution >= 0.6 is 23.2 Å². The highest BCUT2D eigenvalue weighted by Gasteiger charge is 2.26. The first-order valence-corrected chi connectivity index (χ1v) is 8.47. The first kappa shape index (κ1) is 18.2. The second-order valence-electron chi connectivity index (χ2n) is 5.84. The van der Waals surface area contributed by atoms with Gasteiger partial charge in [0.05, 0.1) is 15.6 Å². The number of benzene rings is 1. The van der Waals surface area contributed by atoms with Crippen molar-refractivity contribution in [1.82, 2.24) is 5.32 Å². The third-order valence-corrected chi connectivity index (χ3v) is 5.01. The number of nitrogens with two attached hydrogens (primary N) is 1. The molecule has 0 aromatic heterocycles. The Morgan fingerprint density at radius 2 is 1.81 bits per heavy atom. The van der Waals surface area contributed by atoms with Crippen LogP contribution in [0.1, 0.15) is 38.1 Å². The summed E-state index contributed by atoms with van der Waals surface area (Å²) >= 11 is 12.0. The second-order valence-corrected chi connectivity index (χ2v) is 8.16. The van der Waals surface area contributed by atoms with E-state index in [-0.39, 0.29) is 32.0 Å². The third kappa shape index (κ3) is 4.32. The van der Waals surface area contributed by atoms with Gasteiger partial charge in [-0.1, -0.05) is 44.0 Å². The molecular formula is C13H18Cl2N2O3S. The number of hydrogen-bond acceptors (Lipinski definition) is 3. The molecule has 0 spiro atoms. The Balaban J connectivity index is 3.28. The van der Waals surface area contributed by atoms with Gasteiger partial charge in [0, 0.05) is 6.04 Å². The van der Waals surface area contributed by atoms with E-state index in [1.807, 2.05) is 27.7 Å². The molecule has 1 amide bonds. The summed E-state index contributed by atoms with van der Waals surface area (Å²) in [4.78, 5) is 12.0. The summed E-state index contributed by atoms with van der Waals surface area (Å²) < 4.78 is 22.9. The van der Waals surface area contributed by atoms with Gasteiger partial charge in [0.25, 0.3) is 5.91 Å². The molecule has 0 saturated carbocycles. The Morgan fingerprint density at radius 3 is 2.24 bits per heavy atom. The van der Waals surface area contributed by atoms with Crippen molar-refractivity contribution >= 4 is 39.1 Å². The lowest BCUT2D eigenvalue weighted by molar-refractivity contribution is 0.0910. The molecule has 21 heavy (non-hydrogen) atoms. The zero-order valence-corrected chi connectivity index (χ0v) is 14.5. The topological polar surface area (TPSA) is 89.3 Å². The van der Waals surface area contributed by atoms with Crippen LogP contribution in [-0.4, -0.2) is 20.4 Å². The highest BCUT2D eigenvalue weighted by molar-refractivity contribution is 7.89. The number of carbonyl (C=O) groups excluding carboxylic acids is 1. The summed E-state index contributed by atoms with van der Waals surface area (Å²) in [6, 6.07) is 2.28. The van der Waals surface area contributed by atoms with Crippen LogP contribution in [0.3, 0.4) is 0 Å². The average Bonchev–Trinajstić information content (AvgIpc) is 2.25. The number of amides is 1. The molecule has 1 atom stereocenters. The van der Waals surface area contributed by atoms with E-state index in [1.54, 1.807) is 0 Å². The smallest absolute Gasteiger partial charge is 0.254 e. The van der Waals surface area contributed by atoms with Crippen molar-refractivity contribution in [1.29, 1.82) is 0 Å². The molecule has 8 heteroatoms. The third-order valence-electron chi connectivity index (χ3n) is 3.24. The van der Waals surface area contributed by atoms with E-state index >= 15 is 0 Å². The Hall–Kier alpha value is -0.820. The van der Waals surface area contributed by atoms with Crippen molar-refractivity contribution in [3.63, 3.8) is 0 Å². The van der Waals surface area contributed by atoms with Crippen LogP contribution in [0.5, 0.6) is 0 Å². The fraction of sp³-hybridized carbons (Fsp3) is 0.462. The van der Waals surface area contributed by atoms with E-state index < -0.39 is 15.9 Å². The van der Waals surface area contributed by atoms with Gasteiger partial charge in [0.15, 0.2) is 0 Å². The molecule has 1 aromatic carbocycles. The summed E-state index contributed by atoms with van der Waals surface area (Å²) in [5.41, 5.74) is -0.271. The molecule has 3 N–H and O–H groups in total. The Morgan fingerprint density at radius 1 is 1.29 bits per heavy atom. The van der Waals surface area contributed by atoms with E-state index in [2.05, 4.69) is 5.32 Å². The summed E-state index contributed by atoms with van der Waals surface area (Å²) in [7, 11) is -4.03. The Labute approximate surface area is 134 Å². The molecule has 0 fully saturated rings. The Bertz CT molecular complexity index is 667. The van der Waals surface area contributed by atoms with Gasteiger partial charge in [-0.05, 0) is 24.5 Å². The highest BCUT2D eigenvalue weighted by Crippen LogP contribution is 2.31. The van der Waals surface area contributed by atoms with Crippen molar-refractivity contribution < 1.29 is 13.2 Å². The maximum absolute atomic E-state index is 12.3. The van der Waals surface area contributed by atoms with E-state index in [9.17, 15) is 13.2 Å². The standard InChI is InChI=1S/C13H18Cl2N2O3S/c1-7(13(2,3)4)17-12(18)10-8(14)5-6-9(11(10)15)21(16,19)20/h5-7H,1-4H3,(H,17,18)(H2,16,19,20). The SMILES string of the molecule is CC(NC(=O)c1c(Cl)ccc(S(N)(=O)=O)c1Cl)C(C)(C)C. The van der Waals surface area contributed by atoms with Crippen LogP contribution in [0.25, 0.3) is 0 Å². The van der Waals surface area contributed by atoms with Crippen molar-refractivity contribution in [2.45, 2.75) is 38.6 Å². The van der Waals surface area contributed by atoms with Gasteiger partial charge in [-0.25, -0.2) is 13.6 Å². The fourth-order valence-electron chi connectivity index (χ4n) is 1.45. The molecular weight excluding hydrogens is 335 g/mol. The summed E-state index contributed by atoms with van der Waals surface area (Å²) in [5.74, 6) is -0.544. The van der Waals surface area contributed by atoms with Crippen LogP contribution in [-0.2, 0) is 10.0 Å². The summed E-state index contributed by atoms with van der Waals surface area (Å²) in [6.07, 6.45) is 0. The van der Waals surface area contributed by atoms with Crippen LogP contribution in [0.2, 0.25) is 10.0 Å². The van der Waals surface area contributed by atoms with Gasteiger partial charge in [-0.3, -0.25) is 4.79 Å². The van der Waals surface area contributed by atoms with Crippen LogP contribution in [0, 0.1) is 5.41 Å². The maximum Gasteiger partial charge on any atom is 0.254 e. The molecule has 118 valence electrons. The van der Waals surface area contributed by atoms with Crippen molar-refractivity contribution in [3.05, 3.63) is 27.7 Å². The van der Waals surface area contributed by atoms with E-state index in [0.29, 0.717) is 0 Å². The van der Waals surface area contributed by atoms with Gasteiger partial charge in [0.2, 0.25) is 10.0 Å². The monoisotopic (exact) mass is 352 g/mol. The zero-order chi connectivity index (χ0) is 16.6. The summed E-state index contributed by atoms with van der Waals surface area (Å²) in [6.45, 7) is 7.72. The second kappa shape index (κ2) is 6.12. The van der Waals surface area contributed by atoms with Gasteiger partial charge in [-0.2, -0.15) is 0 Å². The van der Waals surface area contributed by atoms with Gasteiger partial charge < -0.3 is 5.32 Å². The van der Waals surface area contributed by atoms with Crippen LogP contribution < -0.4 is 10.5 Å². The first-order valence-electron chi connectivity index (χ1n) is 6.17. The predicted molar refractivity (Wildman–Crippen MR) is 84.2 cm³/mol. The average molecular weight is 353 g/mol. The number of halogens is 2. The number of rotatable bonds is 3. The molecule has 0 radical (unpaired) electrons. The van der Waals surface area contributed by atoms with E-state index in [1.165, 1.54) is 12.1 Å². The lowest BCUT2D eigenvalue weighted by Crippen LogP contribution is -2.41. The maximum atomic E-state index is 12.3. The quantitative estimate of drug-likeness (QED) is 0.876. The fourth-order valence-corrected chi connectivity index (χ4v) is 2.92. The minimum atomic E-state index is -4.03. The minimum Gasteiger partial charge on any atom is -0.349 e.